The lowest BCUT2D eigenvalue weighted by Gasteiger charge is -2.61. The van der Waals surface area contributed by atoms with Crippen molar-refractivity contribution in [1.82, 2.24) is 0 Å². The summed E-state index contributed by atoms with van der Waals surface area (Å²) < 4.78 is 7.32. The van der Waals surface area contributed by atoms with Gasteiger partial charge in [-0.05, 0) is 67.8 Å². The van der Waals surface area contributed by atoms with Gasteiger partial charge in [0.05, 0.1) is 31.2 Å². The third-order valence-corrected chi connectivity index (χ3v) is 12.4. The lowest BCUT2D eigenvalue weighted by atomic mass is 9.55. The molecular formula is C34H58N3O2+. The van der Waals surface area contributed by atoms with E-state index in [1.807, 2.05) is 13.0 Å². The monoisotopic (exact) mass is 540 g/mol. The zero-order valence-corrected chi connectivity index (χ0v) is 25.9. The molecule has 10 atom stereocenters. The van der Waals surface area contributed by atoms with E-state index in [2.05, 4.69) is 34.7 Å². The summed E-state index contributed by atoms with van der Waals surface area (Å²) >= 11 is 0. The molecular weight excluding hydrogens is 482 g/mol. The van der Waals surface area contributed by atoms with Gasteiger partial charge in [0.2, 0.25) is 0 Å². The smallest absolute Gasteiger partial charge is 0.338 e. The lowest BCUT2D eigenvalue weighted by Crippen LogP contribution is -2.70. The van der Waals surface area contributed by atoms with E-state index in [0.717, 1.165) is 55.0 Å². The van der Waals surface area contributed by atoms with Crippen molar-refractivity contribution in [2.75, 3.05) is 13.6 Å². The molecule has 2 saturated carbocycles. The molecule has 2 aliphatic heterocycles. The molecule has 10 unspecified atom stereocenters. The Labute approximate surface area is 238 Å². The zero-order valence-electron chi connectivity index (χ0n) is 25.9. The van der Waals surface area contributed by atoms with Crippen molar-refractivity contribution in [3.63, 3.8) is 0 Å². The van der Waals surface area contributed by atoms with Crippen LogP contribution in [0.4, 0.5) is 0 Å². The van der Waals surface area contributed by atoms with Gasteiger partial charge in [-0.1, -0.05) is 53.0 Å². The first-order valence-electron chi connectivity index (χ1n) is 16.4. The van der Waals surface area contributed by atoms with Gasteiger partial charge in [-0.2, -0.15) is 0 Å². The molecule has 5 heteroatoms. The van der Waals surface area contributed by atoms with Crippen molar-refractivity contribution in [2.24, 2.45) is 46.5 Å². The first-order chi connectivity index (χ1) is 18.3. The summed E-state index contributed by atoms with van der Waals surface area (Å²) in [6.45, 7) is 13.0. The van der Waals surface area contributed by atoms with E-state index in [0.29, 0.717) is 29.1 Å². The Bertz CT molecular complexity index is 985. The minimum atomic E-state index is -0.589. The normalized spacial score (nSPS) is 44.5. The highest BCUT2D eigenvalue weighted by molar-refractivity contribution is 5.92. The molecule has 0 bridgehead atoms. The molecule has 5 aliphatic rings. The van der Waals surface area contributed by atoms with Gasteiger partial charge in [-0.15, -0.1) is 0 Å². The number of esters is 1. The average Bonchev–Trinajstić information content (AvgIpc) is 3.20. The van der Waals surface area contributed by atoms with Crippen LogP contribution >= 0.6 is 0 Å². The Hall–Kier alpha value is -1.33. The average molecular weight is 541 g/mol. The quantitative estimate of drug-likeness (QED) is 0.287. The largest absolute Gasteiger partial charge is 0.458 e. The van der Waals surface area contributed by atoms with Crippen molar-refractivity contribution in [3.8, 4) is 0 Å². The van der Waals surface area contributed by atoms with E-state index in [-0.39, 0.29) is 12.1 Å². The highest BCUT2D eigenvalue weighted by atomic mass is 16.5. The summed E-state index contributed by atoms with van der Waals surface area (Å²) in [6, 6.07) is 1.39. The van der Waals surface area contributed by atoms with Crippen molar-refractivity contribution >= 4 is 5.97 Å². The molecule has 3 aliphatic carbocycles. The van der Waals surface area contributed by atoms with Crippen LogP contribution in [0.3, 0.4) is 0 Å². The summed E-state index contributed by atoms with van der Waals surface area (Å²) in [6.07, 6.45) is 18.7. The van der Waals surface area contributed by atoms with Crippen LogP contribution in [0.5, 0.6) is 0 Å². The third-order valence-electron chi connectivity index (χ3n) is 12.4. The Kier molecular flexibility index (Phi) is 8.09. The van der Waals surface area contributed by atoms with Gasteiger partial charge in [-0.25, -0.2) is 4.79 Å². The Morgan fingerprint density at radius 1 is 1.10 bits per heavy atom. The van der Waals surface area contributed by atoms with E-state index in [1.54, 1.807) is 6.08 Å². The number of hydrogen-bond donors (Lipinski definition) is 2. The molecule has 5 nitrogen and oxygen atoms in total. The molecule has 2 saturated heterocycles. The van der Waals surface area contributed by atoms with E-state index >= 15 is 0 Å². The van der Waals surface area contributed by atoms with Crippen molar-refractivity contribution in [3.05, 3.63) is 23.4 Å². The summed E-state index contributed by atoms with van der Waals surface area (Å²) in [5, 5.41) is 0. The van der Waals surface area contributed by atoms with Crippen LogP contribution in [-0.2, 0) is 9.53 Å². The minimum Gasteiger partial charge on any atom is -0.458 e. The summed E-state index contributed by atoms with van der Waals surface area (Å²) in [4.78, 5) is 13.1. The number of ether oxygens (including phenoxy) is 1. The highest BCUT2D eigenvalue weighted by Gasteiger charge is 2.61. The Morgan fingerprint density at radius 3 is 2.59 bits per heavy atom. The van der Waals surface area contributed by atoms with Gasteiger partial charge < -0.3 is 20.7 Å². The number of hydrogen-bond acceptors (Lipinski definition) is 4. The first kappa shape index (κ1) is 29.2. The number of fused-ring (bicyclic) bond motifs is 5. The maximum atomic E-state index is 13.1. The van der Waals surface area contributed by atoms with Gasteiger partial charge in [0.25, 0.3) is 0 Å². The molecule has 5 rings (SSSR count). The SMILES string of the molecule is CC(C)CCCC(C)C1CCC2C3CCC4CC(OC(=O)C5=CC(C)(N)CC(N)=C5)CC[N+]4(C)C3CCC12C. The summed E-state index contributed by atoms with van der Waals surface area (Å²) in [5.74, 6) is 4.13. The molecule has 0 radical (unpaired) electrons. The molecule has 0 aromatic rings. The maximum absolute atomic E-state index is 13.1. The topological polar surface area (TPSA) is 78.3 Å². The Balaban J connectivity index is 1.21. The van der Waals surface area contributed by atoms with Crippen LogP contribution in [0.25, 0.3) is 0 Å². The van der Waals surface area contributed by atoms with Crippen LogP contribution in [0.2, 0.25) is 0 Å². The fourth-order valence-corrected chi connectivity index (χ4v) is 10.5. The number of nitrogens with two attached hydrogens (primary N) is 2. The first-order valence-corrected chi connectivity index (χ1v) is 16.4. The van der Waals surface area contributed by atoms with Crippen LogP contribution in [-0.4, -0.2) is 47.8 Å². The van der Waals surface area contributed by atoms with Crippen molar-refractivity contribution in [1.29, 1.82) is 0 Å². The van der Waals surface area contributed by atoms with Gasteiger partial charge in [-0.3, -0.25) is 0 Å². The summed E-state index contributed by atoms with van der Waals surface area (Å²) in [5.41, 5.74) is 13.5. The molecule has 4 N–H and O–H groups in total. The molecule has 4 fully saturated rings. The molecule has 0 aromatic heterocycles. The lowest BCUT2D eigenvalue weighted by molar-refractivity contribution is -0.972. The molecule has 0 amide bonds. The fraction of sp³-hybridized carbons (Fsp3) is 0.853. The molecule has 220 valence electrons. The molecule has 0 aromatic carbocycles. The van der Waals surface area contributed by atoms with E-state index in [4.69, 9.17) is 16.2 Å². The number of piperidine rings is 2. The molecule has 39 heavy (non-hydrogen) atoms. The van der Waals surface area contributed by atoms with Gasteiger partial charge in [0.1, 0.15) is 6.10 Å². The second-order valence-corrected chi connectivity index (χ2v) is 15.7. The predicted octanol–water partition coefficient (Wildman–Crippen LogP) is 6.46. The number of carbonyl (C=O) groups is 1. The maximum Gasteiger partial charge on any atom is 0.338 e. The molecule has 0 spiro atoms. The van der Waals surface area contributed by atoms with Crippen LogP contribution in [0.1, 0.15) is 112 Å². The second-order valence-electron chi connectivity index (χ2n) is 15.7. The summed E-state index contributed by atoms with van der Waals surface area (Å²) in [7, 11) is 2.55. The standard InChI is InChI=1S/C34H58N3O2/c1-22(2)8-7-9-23(3)29-12-13-30-28-11-10-26-19-27(15-17-37(26,6)31(28)14-16-34(29,30)5)39-32(38)24-18-25(35)21-33(4,36)20-24/h18,20,22-23,26-31H,7-17,19,21,35-36H2,1-6H3/q+1. The van der Waals surface area contributed by atoms with E-state index in [1.165, 1.54) is 62.3 Å². The van der Waals surface area contributed by atoms with Gasteiger partial charge in [0.15, 0.2) is 0 Å². The minimum absolute atomic E-state index is 0.00291. The second kappa shape index (κ2) is 10.8. The molecule has 2 heterocycles. The van der Waals surface area contributed by atoms with Gasteiger partial charge >= 0.3 is 5.97 Å². The van der Waals surface area contributed by atoms with Gasteiger partial charge in [0, 0.05) is 49.3 Å². The van der Waals surface area contributed by atoms with E-state index in [9.17, 15) is 4.79 Å². The van der Waals surface area contributed by atoms with Crippen molar-refractivity contribution < 1.29 is 14.0 Å². The zero-order chi connectivity index (χ0) is 28.2. The van der Waals surface area contributed by atoms with Crippen LogP contribution in [0, 0.1) is 35.0 Å². The van der Waals surface area contributed by atoms with E-state index < -0.39 is 5.54 Å². The van der Waals surface area contributed by atoms with Crippen LogP contribution in [0.15, 0.2) is 23.4 Å². The number of rotatable bonds is 7. The number of nitrogens with zero attached hydrogens (tertiary/aromatic N) is 1. The highest BCUT2D eigenvalue weighted by Crippen LogP contribution is 2.63. The predicted molar refractivity (Wildman–Crippen MR) is 159 cm³/mol. The van der Waals surface area contributed by atoms with Crippen LogP contribution < -0.4 is 11.5 Å². The fourth-order valence-electron chi connectivity index (χ4n) is 10.5. The number of carbonyl (C=O) groups excluding carboxylic acids is 1. The van der Waals surface area contributed by atoms with Crippen molar-refractivity contribution in [2.45, 2.75) is 135 Å². The Morgan fingerprint density at radius 2 is 1.87 bits per heavy atom. The number of quaternary nitrogens is 1. The third kappa shape index (κ3) is 5.61.